The molecule has 1 aliphatic rings. The van der Waals surface area contributed by atoms with Crippen LogP contribution in [0.5, 0.6) is 0 Å². The molecular weight excluding hydrogens is 322 g/mol. The average Bonchev–Trinajstić information content (AvgIpc) is 3.25. The Balaban J connectivity index is 1.63. The SMILES string of the molecule is CCn1c2ccccc2c2nnc(SCC(=O)N3CCCC3)nc21. The van der Waals surface area contributed by atoms with Gasteiger partial charge in [0.2, 0.25) is 11.1 Å². The molecule has 6 nitrogen and oxygen atoms in total. The van der Waals surface area contributed by atoms with E-state index in [2.05, 4.69) is 32.7 Å². The van der Waals surface area contributed by atoms with Crippen LogP contribution in [0.2, 0.25) is 0 Å². The molecule has 1 amide bonds. The largest absolute Gasteiger partial charge is 0.342 e. The summed E-state index contributed by atoms with van der Waals surface area (Å²) in [6, 6.07) is 8.14. The number of para-hydroxylation sites is 1. The standard InChI is InChI=1S/C17H19N5OS/c1-2-22-13-8-4-3-7-12(13)15-16(22)18-17(20-19-15)24-11-14(23)21-9-5-6-10-21/h3-4,7-8H,2,5-6,9-11H2,1H3. The summed E-state index contributed by atoms with van der Waals surface area (Å²) in [6.07, 6.45) is 2.22. The molecule has 0 bridgehead atoms. The molecule has 1 aromatic carbocycles. The first-order valence-corrected chi connectivity index (χ1v) is 9.28. The summed E-state index contributed by atoms with van der Waals surface area (Å²) in [5.41, 5.74) is 2.78. The minimum absolute atomic E-state index is 0.164. The number of nitrogens with zero attached hydrogens (tertiary/aromatic N) is 5. The van der Waals surface area contributed by atoms with Crippen LogP contribution in [-0.4, -0.2) is 49.4 Å². The van der Waals surface area contributed by atoms with Gasteiger partial charge >= 0.3 is 0 Å². The smallest absolute Gasteiger partial charge is 0.233 e. The number of carbonyl (C=O) groups is 1. The van der Waals surface area contributed by atoms with Crippen molar-refractivity contribution >= 4 is 39.7 Å². The second-order valence-corrected chi connectivity index (χ2v) is 6.85. The van der Waals surface area contributed by atoms with Crippen LogP contribution in [0.3, 0.4) is 0 Å². The first-order valence-electron chi connectivity index (χ1n) is 8.30. The highest BCUT2D eigenvalue weighted by Gasteiger charge is 2.19. The fourth-order valence-electron chi connectivity index (χ4n) is 3.25. The van der Waals surface area contributed by atoms with Gasteiger partial charge in [-0.1, -0.05) is 30.0 Å². The van der Waals surface area contributed by atoms with Crippen LogP contribution in [0.1, 0.15) is 19.8 Å². The van der Waals surface area contributed by atoms with Crippen LogP contribution in [0.25, 0.3) is 22.1 Å². The summed E-state index contributed by atoms with van der Waals surface area (Å²) in [6.45, 7) is 4.67. The number of hydrogen-bond acceptors (Lipinski definition) is 5. The molecule has 3 heterocycles. The number of amides is 1. The summed E-state index contributed by atoms with van der Waals surface area (Å²) in [5, 5.41) is 10.2. The van der Waals surface area contributed by atoms with E-state index in [-0.39, 0.29) is 5.91 Å². The van der Waals surface area contributed by atoms with Crippen molar-refractivity contribution in [1.29, 1.82) is 0 Å². The Labute approximate surface area is 144 Å². The zero-order valence-electron chi connectivity index (χ0n) is 13.6. The second kappa shape index (κ2) is 6.39. The van der Waals surface area contributed by atoms with Crippen LogP contribution in [0.15, 0.2) is 29.4 Å². The van der Waals surface area contributed by atoms with Crippen LogP contribution in [-0.2, 0) is 11.3 Å². The van der Waals surface area contributed by atoms with Gasteiger partial charge in [0.25, 0.3) is 0 Å². The molecule has 124 valence electrons. The number of rotatable bonds is 4. The summed E-state index contributed by atoms with van der Waals surface area (Å²) < 4.78 is 2.14. The Morgan fingerprint density at radius 1 is 1.21 bits per heavy atom. The molecule has 0 unspecified atom stereocenters. The van der Waals surface area contributed by atoms with Crippen molar-refractivity contribution in [3.05, 3.63) is 24.3 Å². The molecule has 1 aliphatic heterocycles. The van der Waals surface area contributed by atoms with Crippen molar-refractivity contribution < 1.29 is 4.79 Å². The maximum Gasteiger partial charge on any atom is 0.233 e. The molecule has 1 saturated heterocycles. The van der Waals surface area contributed by atoms with Gasteiger partial charge in [0.05, 0.1) is 11.3 Å². The Morgan fingerprint density at radius 3 is 2.79 bits per heavy atom. The van der Waals surface area contributed by atoms with E-state index in [0.717, 1.165) is 54.5 Å². The Hall–Kier alpha value is -2.15. The number of benzene rings is 1. The first-order chi connectivity index (χ1) is 11.8. The van der Waals surface area contributed by atoms with Gasteiger partial charge in [0, 0.05) is 25.0 Å². The Bertz CT molecular complexity index is 901. The van der Waals surface area contributed by atoms with Crippen molar-refractivity contribution in [3.8, 4) is 0 Å². The summed E-state index contributed by atoms with van der Waals surface area (Å²) in [7, 11) is 0. The number of likely N-dealkylation sites (tertiary alicyclic amines) is 1. The van der Waals surface area contributed by atoms with E-state index < -0.39 is 0 Å². The quantitative estimate of drug-likeness (QED) is 0.683. The number of aromatic nitrogens is 4. The lowest BCUT2D eigenvalue weighted by molar-refractivity contribution is -0.127. The van der Waals surface area contributed by atoms with E-state index in [1.165, 1.54) is 11.8 Å². The number of aryl methyl sites for hydroxylation is 1. The highest BCUT2D eigenvalue weighted by molar-refractivity contribution is 7.99. The van der Waals surface area contributed by atoms with Gasteiger partial charge in [-0.15, -0.1) is 10.2 Å². The number of thioether (sulfide) groups is 1. The molecule has 4 rings (SSSR count). The topological polar surface area (TPSA) is 63.9 Å². The molecule has 0 aliphatic carbocycles. The van der Waals surface area contributed by atoms with Gasteiger partial charge in [-0.3, -0.25) is 4.79 Å². The second-order valence-electron chi connectivity index (χ2n) is 5.90. The van der Waals surface area contributed by atoms with Gasteiger partial charge in [-0.25, -0.2) is 4.98 Å². The van der Waals surface area contributed by atoms with E-state index in [0.29, 0.717) is 10.9 Å². The number of hydrogen-bond donors (Lipinski definition) is 0. The van der Waals surface area contributed by atoms with Crippen LogP contribution < -0.4 is 0 Å². The van der Waals surface area contributed by atoms with Crippen LogP contribution in [0.4, 0.5) is 0 Å². The maximum absolute atomic E-state index is 12.2. The molecular formula is C17H19N5OS. The van der Waals surface area contributed by atoms with Gasteiger partial charge in [0.15, 0.2) is 5.65 Å². The van der Waals surface area contributed by atoms with E-state index >= 15 is 0 Å². The Kier molecular flexibility index (Phi) is 4.10. The fourth-order valence-corrected chi connectivity index (χ4v) is 3.94. The van der Waals surface area contributed by atoms with Crippen molar-refractivity contribution in [3.63, 3.8) is 0 Å². The third-order valence-electron chi connectivity index (χ3n) is 4.45. The molecule has 24 heavy (non-hydrogen) atoms. The number of fused-ring (bicyclic) bond motifs is 3. The maximum atomic E-state index is 12.2. The monoisotopic (exact) mass is 341 g/mol. The predicted octanol–water partition coefficient (Wildman–Crippen LogP) is 2.71. The molecule has 0 saturated carbocycles. The minimum Gasteiger partial charge on any atom is -0.342 e. The molecule has 1 fully saturated rings. The molecule has 0 spiro atoms. The van der Waals surface area contributed by atoms with Crippen molar-refractivity contribution in [2.24, 2.45) is 0 Å². The summed E-state index contributed by atoms with van der Waals surface area (Å²) in [4.78, 5) is 18.8. The zero-order valence-corrected chi connectivity index (χ0v) is 14.4. The van der Waals surface area contributed by atoms with Crippen molar-refractivity contribution in [1.82, 2.24) is 24.6 Å². The zero-order chi connectivity index (χ0) is 16.5. The molecule has 0 radical (unpaired) electrons. The van der Waals surface area contributed by atoms with Crippen molar-refractivity contribution in [2.45, 2.75) is 31.5 Å². The predicted molar refractivity (Wildman–Crippen MR) is 95.0 cm³/mol. The highest BCUT2D eigenvalue weighted by atomic mass is 32.2. The molecule has 3 aromatic rings. The third kappa shape index (κ3) is 2.62. The first kappa shape index (κ1) is 15.4. The van der Waals surface area contributed by atoms with Gasteiger partial charge in [-0.05, 0) is 25.8 Å². The lowest BCUT2D eigenvalue weighted by atomic mass is 10.2. The van der Waals surface area contributed by atoms with E-state index in [1.54, 1.807) is 0 Å². The van der Waals surface area contributed by atoms with Gasteiger partial charge < -0.3 is 9.47 Å². The van der Waals surface area contributed by atoms with E-state index in [4.69, 9.17) is 0 Å². The average molecular weight is 341 g/mol. The van der Waals surface area contributed by atoms with Crippen molar-refractivity contribution in [2.75, 3.05) is 18.8 Å². The summed E-state index contributed by atoms with van der Waals surface area (Å²) in [5.74, 6) is 0.539. The van der Waals surface area contributed by atoms with Gasteiger partial charge in [0.1, 0.15) is 5.52 Å². The van der Waals surface area contributed by atoms with Crippen LogP contribution in [0, 0.1) is 0 Å². The van der Waals surface area contributed by atoms with E-state index in [1.807, 2.05) is 23.1 Å². The Morgan fingerprint density at radius 2 is 2.00 bits per heavy atom. The number of carbonyl (C=O) groups excluding carboxylic acids is 1. The third-order valence-corrected chi connectivity index (χ3v) is 5.28. The molecule has 0 N–H and O–H groups in total. The van der Waals surface area contributed by atoms with E-state index in [9.17, 15) is 4.79 Å². The molecule has 2 aromatic heterocycles. The lowest BCUT2D eigenvalue weighted by Gasteiger charge is -2.14. The van der Waals surface area contributed by atoms with Gasteiger partial charge in [-0.2, -0.15) is 0 Å². The minimum atomic E-state index is 0.164. The molecule has 0 atom stereocenters. The molecule has 7 heteroatoms. The summed E-state index contributed by atoms with van der Waals surface area (Å²) >= 11 is 1.37. The lowest BCUT2D eigenvalue weighted by Crippen LogP contribution is -2.29. The normalized spacial score (nSPS) is 14.8. The van der Waals surface area contributed by atoms with Crippen LogP contribution >= 0.6 is 11.8 Å². The fraction of sp³-hybridized carbons (Fsp3) is 0.412. The highest BCUT2D eigenvalue weighted by Crippen LogP contribution is 2.27.